The number of carbonyl (C=O) groups excluding carboxylic acids is 1. The van der Waals surface area contributed by atoms with Gasteiger partial charge in [0, 0.05) is 32.9 Å². The molecule has 2 aromatic rings. The molecule has 0 bridgehead atoms. The Hall–Kier alpha value is -2.40. The van der Waals surface area contributed by atoms with E-state index in [2.05, 4.69) is 4.98 Å². The van der Waals surface area contributed by atoms with Crippen LogP contribution in [0.5, 0.6) is 11.6 Å². The fourth-order valence-electron chi connectivity index (χ4n) is 1.64. The maximum atomic E-state index is 11.7. The predicted molar refractivity (Wildman–Crippen MR) is 76.7 cm³/mol. The summed E-state index contributed by atoms with van der Waals surface area (Å²) in [5.41, 5.74) is 7.10. The van der Waals surface area contributed by atoms with Gasteiger partial charge in [0.15, 0.2) is 0 Å². The van der Waals surface area contributed by atoms with Crippen molar-refractivity contribution in [3.63, 3.8) is 0 Å². The molecule has 0 fully saturated rings. The number of hydrogen-bond donors (Lipinski definition) is 1. The molecule has 5 heteroatoms. The second-order valence-corrected chi connectivity index (χ2v) is 4.53. The molecule has 0 radical (unpaired) electrons. The van der Waals surface area contributed by atoms with Gasteiger partial charge in [0.2, 0.25) is 5.88 Å². The predicted octanol–water partition coefficient (Wildman–Crippen LogP) is 2.03. The zero-order valence-electron chi connectivity index (χ0n) is 11.5. The van der Waals surface area contributed by atoms with Crippen molar-refractivity contribution in [3.05, 3.63) is 53.7 Å². The molecule has 1 amide bonds. The molecule has 5 nitrogen and oxygen atoms in total. The van der Waals surface area contributed by atoms with Gasteiger partial charge >= 0.3 is 0 Å². The molecule has 0 aliphatic carbocycles. The van der Waals surface area contributed by atoms with Crippen molar-refractivity contribution in [2.75, 3.05) is 14.1 Å². The molecule has 2 N–H and O–H groups in total. The molecule has 0 atom stereocenters. The number of hydrogen-bond acceptors (Lipinski definition) is 4. The maximum Gasteiger partial charge on any atom is 0.254 e. The second kappa shape index (κ2) is 6.16. The van der Waals surface area contributed by atoms with Crippen molar-refractivity contribution in [2.24, 2.45) is 5.73 Å². The number of rotatable bonds is 4. The lowest BCUT2D eigenvalue weighted by Gasteiger charge is -2.10. The van der Waals surface area contributed by atoms with E-state index in [1.54, 1.807) is 26.2 Å². The first-order valence-electron chi connectivity index (χ1n) is 6.24. The highest BCUT2D eigenvalue weighted by molar-refractivity contribution is 5.93. The number of aromatic nitrogens is 1. The number of carbonyl (C=O) groups is 1. The number of ether oxygens (including phenoxy) is 1. The average molecular weight is 271 g/mol. The van der Waals surface area contributed by atoms with Crippen LogP contribution in [0.2, 0.25) is 0 Å². The number of nitrogens with two attached hydrogens (primary N) is 1. The van der Waals surface area contributed by atoms with Crippen LogP contribution in [0.1, 0.15) is 15.9 Å². The summed E-state index contributed by atoms with van der Waals surface area (Å²) in [6.45, 7) is 0.500. The van der Waals surface area contributed by atoms with Crippen LogP contribution in [0.4, 0.5) is 0 Å². The van der Waals surface area contributed by atoms with E-state index in [1.165, 1.54) is 11.1 Å². The molecule has 1 aromatic heterocycles. The Labute approximate surface area is 118 Å². The highest BCUT2D eigenvalue weighted by Gasteiger charge is 2.08. The van der Waals surface area contributed by atoms with E-state index in [0.717, 1.165) is 5.56 Å². The molecule has 0 aliphatic rings. The smallest absolute Gasteiger partial charge is 0.254 e. The Kier molecular flexibility index (Phi) is 4.32. The van der Waals surface area contributed by atoms with E-state index in [4.69, 9.17) is 10.5 Å². The van der Waals surface area contributed by atoms with Crippen LogP contribution in [0.15, 0.2) is 42.6 Å². The van der Waals surface area contributed by atoms with E-state index in [9.17, 15) is 4.79 Å². The molecule has 0 unspecified atom stereocenters. The summed E-state index contributed by atoms with van der Waals surface area (Å²) in [6, 6.07) is 10.8. The molecular weight excluding hydrogens is 254 g/mol. The topological polar surface area (TPSA) is 68.5 Å². The minimum atomic E-state index is -0.0867. The first-order valence-corrected chi connectivity index (χ1v) is 6.24. The molecular formula is C15H17N3O2. The van der Waals surface area contributed by atoms with E-state index in [1.807, 2.05) is 24.3 Å². The van der Waals surface area contributed by atoms with E-state index in [0.29, 0.717) is 23.7 Å². The summed E-state index contributed by atoms with van der Waals surface area (Å²) in [5, 5.41) is 0. The fraction of sp³-hybridized carbons (Fsp3) is 0.200. The summed E-state index contributed by atoms with van der Waals surface area (Å²) in [6.07, 6.45) is 1.51. The zero-order chi connectivity index (χ0) is 14.5. The van der Waals surface area contributed by atoms with Gasteiger partial charge < -0.3 is 15.4 Å². The lowest BCUT2D eigenvalue weighted by atomic mass is 10.2. The number of benzene rings is 1. The second-order valence-electron chi connectivity index (χ2n) is 4.53. The Balaban J connectivity index is 2.08. The SMILES string of the molecule is CN(C)C(=O)c1ccc(Oc2ccc(CN)cc2)nc1. The quantitative estimate of drug-likeness (QED) is 0.924. The van der Waals surface area contributed by atoms with Crippen molar-refractivity contribution in [3.8, 4) is 11.6 Å². The van der Waals surface area contributed by atoms with Crippen molar-refractivity contribution < 1.29 is 9.53 Å². The Morgan fingerprint density at radius 2 is 1.90 bits per heavy atom. The van der Waals surface area contributed by atoms with Crippen molar-refractivity contribution >= 4 is 5.91 Å². The maximum absolute atomic E-state index is 11.7. The van der Waals surface area contributed by atoms with E-state index in [-0.39, 0.29) is 5.91 Å². The average Bonchev–Trinajstić information content (AvgIpc) is 2.48. The molecule has 0 aliphatic heterocycles. The summed E-state index contributed by atoms with van der Waals surface area (Å²) in [5.74, 6) is 1.04. The lowest BCUT2D eigenvalue weighted by Crippen LogP contribution is -2.21. The van der Waals surface area contributed by atoms with E-state index >= 15 is 0 Å². The van der Waals surface area contributed by atoms with Crippen molar-refractivity contribution in [1.29, 1.82) is 0 Å². The van der Waals surface area contributed by atoms with Crippen molar-refractivity contribution in [2.45, 2.75) is 6.54 Å². The molecule has 2 rings (SSSR count). The van der Waals surface area contributed by atoms with Gasteiger partial charge in [-0.3, -0.25) is 4.79 Å². The molecule has 1 aromatic carbocycles. The summed E-state index contributed by atoms with van der Waals surface area (Å²) >= 11 is 0. The summed E-state index contributed by atoms with van der Waals surface area (Å²) in [7, 11) is 3.40. The van der Waals surface area contributed by atoms with Gasteiger partial charge in [-0.05, 0) is 23.8 Å². The molecule has 0 spiro atoms. The number of amides is 1. The van der Waals surface area contributed by atoms with Crippen LogP contribution in [0.3, 0.4) is 0 Å². The monoisotopic (exact) mass is 271 g/mol. The van der Waals surface area contributed by atoms with Crippen LogP contribution in [-0.2, 0) is 6.54 Å². The minimum absolute atomic E-state index is 0.0867. The number of nitrogens with zero attached hydrogens (tertiary/aromatic N) is 2. The van der Waals surface area contributed by atoms with Gasteiger partial charge in [0.25, 0.3) is 5.91 Å². The van der Waals surface area contributed by atoms with Crippen LogP contribution in [0.25, 0.3) is 0 Å². The van der Waals surface area contributed by atoms with Crippen LogP contribution in [0, 0.1) is 0 Å². The largest absolute Gasteiger partial charge is 0.439 e. The third kappa shape index (κ3) is 3.33. The Morgan fingerprint density at radius 3 is 2.40 bits per heavy atom. The van der Waals surface area contributed by atoms with Crippen LogP contribution < -0.4 is 10.5 Å². The standard InChI is InChI=1S/C15H17N3O2/c1-18(2)15(19)12-5-8-14(17-10-12)20-13-6-3-11(9-16)4-7-13/h3-8,10H,9,16H2,1-2H3. The molecule has 0 saturated heterocycles. The molecule has 104 valence electrons. The third-order valence-electron chi connectivity index (χ3n) is 2.77. The normalized spacial score (nSPS) is 10.2. The first kappa shape index (κ1) is 14.0. The lowest BCUT2D eigenvalue weighted by molar-refractivity contribution is 0.0827. The van der Waals surface area contributed by atoms with Gasteiger partial charge in [0.1, 0.15) is 5.75 Å². The first-order chi connectivity index (χ1) is 9.60. The van der Waals surface area contributed by atoms with Gasteiger partial charge in [-0.1, -0.05) is 12.1 Å². The number of pyridine rings is 1. The van der Waals surface area contributed by atoms with Gasteiger partial charge in [0.05, 0.1) is 5.56 Å². The van der Waals surface area contributed by atoms with Crippen molar-refractivity contribution in [1.82, 2.24) is 9.88 Å². The Bertz CT molecular complexity index is 577. The molecule has 0 saturated carbocycles. The van der Waals surface area contributed by atoms with Gasteiger partial charge in [-0.2, -0.15) is 0 Å². The third-order valence-corrected chi connectivity index (χ3v) is 2.77. The highest BCUT2D eigenvalue weighted by atomic mass is 16.5. The fourth-order valence-corrected chi connectivity index (χ4v) is 1.64. The minimum Gasteiger partial charge on any atom is -0.439 e. The van der Waals surface area contributed by atoms with E-state index < -0.39 is 0 Å². The van der Waals surface area contributed by atoms with Gasteiger partial charge in [-0.15, -0.1) is 0 Å². The summed E-state index contributed by atoms with van der Waals surface area (Å²) in [4.78, 5) is 17.3. The van der Waals surface area contributed by atoms with Crippen LogP contribution in [-0.4, -0.2) is 29.9 Å². The zero-order valence-corrected chi connectivity index (χ0v) is 11.5. The highest BCUT2D eigenvalue weighted by Crippen LogP contribution is 2.20. The summed E-state index contributed by atoms with van der Waals surface area (Å²) < 4.78 is 5.60. The van der Waals surface area contributed by atoms with Gasteiger partial charge in [-0.25, -0.2) is 4.98 Å². The van der Waals surface area contributed by atoms with Crippen LogP contribution >= 0.6 is 0 Å². The molecule has 1 heterocycles. The molecule has 20 heavy (non-hydrogen) atoms. The Morgan fingerprint density at radius 1 is 1.20 bits per heavy atom.